The van der Waals surface area contributed by atoms with Gasteiger partial charge in [-0.25, -0.2) is 8.78 Å². The fourth-order valence-electron chi connectivity index (χ4n) is 2.47. The largest absolute Gasteiger partial charge is 0.399 e. The van der Waals surface area contributed by atoms with Crippen LogP contribution >= 0.6 is 0 Å². The van der Waals surface area contributed by atoms with Gasteiger partial charge in [0, 0.05) is 36.2 Å². The molecule has 19 heavy (non-hydrogen) atoms. The van der Waals surface area contributed by atoms with Gasteiger partial charge in [-0.3, -0.25) is 0 Å². The van der Waals surface area contributed by atoms with Gasteiger partial charge in [0.2, 0.25) is 0 Å². The minimum absolute atomic E-state index is 0.0288. The lowest BCUT2D eigenvalue weighted by molar-refractivity contribution is 0.0622. The fraction of sp³-hybridized carbons (Fsp3) is 0.571. The quantitative estimate of drug-likeness (QED) is 0.824. The van der Waals surface area contributed by atoms with Gasteiger partial charge >= 0.3 is 0 Å². The average molecular weight is 270 g/mol. The summed E-state index contributed by atoms with van der Waals surface area (Å²) in [5.74, 6) is 0.455. The highest BCUT2D eigenvalue weighted by Gasteiger charge is 2.22. The molecule has 0 spiro atoms. The highest BCUT2D eigenvalue weighted by atomic mass is 19.3. The van der Waals surface area contributed by atoms with E-state index in [1.54, 1.807) is 12.1 Å². The van der Waals surface area contributed by atoms with Crippen LogP contribution in [0, 0.1) is 5.92 Å². The molecule has 0 aromatic heterocycles. The van der Waals surface area contributed by atoms with Crippen molar-refractivity contribution in [1.29, 1.82) is 0 Å². The van der Waals surface area contributed by atoms with Crippen LogP contribution in [0.3, 0.4) is 0 Å². The van der Waals surface area contributed by atoms with Gasteiger partial charge in [0.1, 0.15) is 0 Å². The van der Waals surface area contributed by atoms with E-state index < -0.39 is 6.43 Å². The topological polar surface area (TPSA) is 47.3 Å². The van der Waals surface area contributed by atoms with Crippen molar-refractivity contribution in [1.82, 2.24) is 0 Å². The van der Waals surface area contributed by atoms with E-state index in [-0.39, 0.29) is 11.6 Å². The summed E-state index contributed by atoms with van der Waals surface area (Å²) in [7, 11) is 0. The Morgan fingerprint density at radius 3 is 2.63 bits per heavy atom. The smallest absolute Gasteiger partial charge is 0.265 e. The molecule has 1 aromatic rings. The van der Waals surface area contributed by atoms with E-state index in [0.29, 0.717) is 17.3 Å². The number of benzene rings is 1. The Kier molecular flexibility index (Phi) is 4.58. The molecule has 1 saturated heterocycles. The molecular formula is C14H20F2N2O. The molecule has 2 rings (SSSR count). The predicted octanol–water partition coefficient (Wildman–Crippen LogP) is 3.43. The molecule has 3 N–H and O–H groups in total. The Morgan fingerprint density at radius 2 is 2.00 bits per heavy atom. The van der Waals surface area contributed by atoms with Gasteiger partial charge in [-0.15, -0.1) is 0 Å². The lowest BCUT2D eigenvalue weighted by Gasteiger charge is -2.29. The second kappa shape index (κ2) is 6.19. The van der Waals surface area contributed by atoms with E-state index in [9.17, 15) is 8.78 Å². The van der Waals surface area contributed by atoms with Crippen LogP contribution in [0.25, 0.3) is 0 Å². The first-order chi connectivity index (χ1) is 9.08. The monoisotopic (exact) mass is 270 g/mol. The number of rotatable bonds is 4. The first-order valence-electron chi connectivity index (χ1n) is 6.60. The van der Waals surface area contributed by atoms with Gasteiger partial charge in [-0.2, -0.15) is 0 Å². The molecule has 0 aliphatic carbocycles. The summed E-state index contributed by atoms with van der Waals surface area (Å²) in [5, 5.41) is 3.20. The molecule has 0 bridgehead atoms. The minimum Gasteiger partial charge on any atom is -0.399 e. The van der Waals surface area contributed by atoms with Crippen molar-refractivity contribution in [2.75, 3.05) is 24.3 Å². The third kappa shape index (κ3) is 3.56. The molecule has 1 aliphatic rings. The number of nitrogens with one attached hydrogen (secondary N) is 1. The number of anilines is 2. The fourth-order valence-corrected chi connectivity index (χ4v) is 2.47. The lowest BCUT2D eigenvalue weighted by Crippen LogP contribution is -2.31. The Bertz CT molecular complexity index is 420. The van der Waals surface area contributed by atoms with Crippen LogP contribution in [0.2, 0.25) is 0 Å². The summed E-state index contributed by atoms with van der Waals surface area (Å²) in [4.78, 5) is 0. The maximum Gasteiger partial charge on any atom is 0.265 e. The summed E-state index contributed by atoms with van der Waals surface area (Å²) >= 11 is 0. The molecule has 1 aliphatic heterocycles. The van der Waals surface area contributed by atoms with Crippen LogP contribution in [0.4, 0.5) is 20.2 Å². The molecule has 106 valence electrons. The van der Waals surface area contributed by atoms with Crippen LogP contribution < -0.4 is 11.1 Å². The first-order valence-corrected chi connectivity index (χ1v) is 6.60. The number of halogens is 2. The van der Waals surface area contributed by atoms with Crippen molar-refractivity contribution in [3.63, 3.8) is 0 Å². The van der Waals surface area contributed by atoms with Crippen LogP contribution in [0.15, 0.2) is 18.2 Å². The zero-order valence-electron chi connectivity index (χ0n) is 11.0. The maximum absolute atomic E-state index is 13.0. The van der Waals surface area contributed by atoms with Gasteiger partial charge in [-0.05, 0) is 43.9 Å². The molecule has 0 saturated carbocycles. The third-order valence-electron chi connectivity index (χ3n) is 3.67. The van der Waals surface area contributed by atoms with Gasteiger partial charge in [0.15, 0.2) is 0 Å². The van der Waals surface area contributed by atoms with Crippen molar-refractivity contribution in [3.8, 4) is 0 Å². The molecule has 0 amide bonds. The van der Waals surface area contributed by atoms with Gasteiger partial charge in [-0.1, -0.05) is 0 Å². The number of hydrogen-bond donors (Lipinski definition) is 2. The maximum atomic E-state index is 13.0. The van der Waals surface area contributed by atoms with E-state index in [1.165, 1.54) is 6.07 Å². The van der Waals surface area contributed by atoms with E-state index in [2.05, 4.69) is 5.32 Å². The van der Waals surface area contributed by atoms with Crippen LogP contribution in [-0.2, 0) is 4.74 Å². The average Bonchev–Trinajstić information content (AvgIpc) is 2.41. The van der Waals surface area contributed by atoms with Crippen molar-refractivity contribution in [2.45, 2.75) is 32.2 Å². The number of hydrogen-bond acceptors (Lipinski definition) is 3. The van der Waals surface area contributed by atoms with Crippen molar-refractivity contribution in [3.05, 3.63) is 23.8 Å². The molecule has 1 fully saturated rings. The van der Waals surface area contributed by atoms with E-state index in [1.807, 2.05) is 6.92 Å². The van der Waals surface area contributed by atoms with Gasteiger partial charge < -0.3 is 15.8 Å². The zero-order chi connectivity index (χ0) is 13.8. The SMILES string of the molecule is CC(Nc1ccc(N)cc1C(F)F)C1CCOCC1. The second-order valence-electron chi connectivity index (χ2n) is 5.03. The summed E-state index contributed by atoms with van der Waals surface area (Å²) < 4.78 is 31.3. The van der Waals surface area contributed by atoms with Crippen molar-refractivity contribution >= 4 is 11.4 Å². The molecule has 3 nitrogen and oxygen atoms in total. The summed E-state index contributed by atoms with van der Waals surface area (Å²) in [5.41, 5.74) is 6.37. The molecule has 5 heteroatoms. The van der Waals surface area contributed by atoms with Crippen LogP contribution in [0.1, 0.15) is 31.8 Å². The Hall–Kier alpha value is -1.36. The first kappa shape index (κ1) is 14.1. The highest BCUT2D eigenvalue weighted by molar-refractivity contribution is 5.59. The van der Waals surface area contributed by atoms with Crippen molar-refractivity contribution < 1.29 is 13.5 Å². The molecule has 1 unspecified atom stereocenters. The Morgan fingerprint density at radius 1 is 1.32 bits per heavy atom. The molecule has 1 atom stereocenters. The number of alkyl halides is 2. The summed E-state index contributed by atoms with van der Waals surface area (Å²) in [6.07, 6.45) is -0.590. The summed E-state index contributed by atoms with van der Waals surface area (Å²) in [6, 6.07) is 4.76. The lowest BCUT2D eigenvalue weighted by atomic mass is 9.92. The number of nitrogens with two attached hydrogens (primary N) is 1. The zero-order valence-corrected chi connectivity index (χ0v) is 11.0. The molecule has 0 radical (unpaired) electrons. The van der Waals surface area contributed by atoms with Crippen LogP contribution in [0.5, 0.6) is 0 Å². The van der Waals surface area contributed by atoms with Crippen molar-refractivity contribution in [2.24, 2.45) is 5.92 Å². The predicted molar refractivity (Wildman–Crippen MR) is 72.4 cm³/mol. The normalized spacial score (nSPS) is 18.5. The van der Waals surface area contributed by atoms with Crippen LogP contribution in [-0.4, -0.2) is 19.3 Å². The Balaban J connectivity index is 2.09. The van der Waals surface area contributed by atoms with E-state index >= 15 is 0 Å². The van der Waals surface area contributed by atoms with Gasteiger partial charge in [0.25, 0.3) is 6.43 Å². The second-order valence-corrected chi connectivity index (χ2v) is 5.03. The van der Waals surface area contributed by atoms with Gasteiger partial charge in [0.05, 0.1) is 0 Å². The Labute approximate surface area is 112 Å². The third-order valence-corrected chi connectivity index (χ3v) is 3.67. The standard InChI is InChI=1S/C14H20F2N2O/c1-9(10-4-6-19-7-5-10)18-13-3-2-11(17)8-12(13)14(15)16/h2-3,8-10,14,18H,4-7,17H2,1H3. The highest BCUT2D eigenvalue weighted by Crippen LogP contribution is 2.31. The number of ether oxygens (including phenoxy) is 1. The summed E-state index contributed by atoms with van der Waals surface area (Å²) in [6.45, 7) is 3.53. The minimum atomic E-state index is -2.52. The van der Waals surface area contributed by atoms with E-state index in [4.69, 9.17) is 10.5 Å². The molecule has 1 aromatic carbocycles. The molecular weight excluding hydrogens is 250 g/mol. The van der Waals surface area contributed by atoms with E-state index in [0.717, 1.165) is 26.1 Å². The molecule has 1 heterocycles. The number of nitrogen functional groups attached to an aromatic ring is 1.